The Bertz CT molecular complexity index is 503. The van der Waals surface area contributed by atoms with Crippen molar-refractivity contribution in [2.45, 2.75) is 25.3 Å². The van der Waals surface area contributed by atoms with Crippen LogP contribution in [0.25, 0.3) is 5.65 Å². The highest BCUT2D eigenvalue weighted by molar-refractivity contribution is 5.69. The quantitative estimate of drug-likeness (QED) is 0.805. The van der Waals surface area contributed by atoms with Crippen LogP contribution >= 0.6 is 0 Å². The van der Waals surface area contributed by atoms with Crippen LogP contribution in [0.3, 0.4) is 0 Å². The Morgan fingerprint density at radius 2 is 2.39 bits per heavy atom. The number of methoxy groups -OCH3 is 1. The van der Waals surface area contributed by atoms with Crippen molar-refractivity contribution in [3.8, 4) is 0 Å². The van der Waals surface area contributed by atoms with E-state index in [-0.39, 0.29) is 12.0 Å². The molecule has 2 N–H and O–H groups in total. The van der Waals surface area contributed by atoms with E-state index < -0.39 is 0 Å². The van der Waals surface area contributed by atoms with Gasteiger partial charge in [-0.2, -0.15) is 0 Å². The van der Waals surface area contributed by atoms with E-state index >= 15 is 0 Å². The number of imidazole rings is 1. The molecule has 0 aliphatic rings. The number of nitrogens with zero attached hydrogens (tertiary/aromatic N) is 2. The molecule has 0 aliphatic heterocycles. The molecule has 5 nitrogen and oxygen atoms in total. The van der Waals surface area contributed by atoms with Crippen molar-refractivity contribution >= 4 is 11.6 Å². The average Bonchev–Trinajstić information content (AvgIpc) is 2.77. The van der Waals surface area contributed by atoms with Crippen LogP contribution in [0.4, 0.5) is 0 Å². The van der Waals surface area contributed by atoms with Crippen LogP contribution in [0, 0.1) is 0 Å². The molecule has 0 aliphatic carbocycles. The zero-order valence-corrected chi connectivity index (χ0v) is 10.4. The van der Waals surface area contributed by atoms with E-state index in [1.54, 1.807) is 0 Å². The lowest BCUT2D eigenvalue weighted by atomic mass is 10.1. The largest absolute Gasteiger partial charge is 0.469 e. The summed E-state index contributed by atoms with van der Waals surface area (Å²) in [6.45, 7) is 0. The molecule has 2 aromatic rings. The Balaban J connectivity index is 1.94. The lowest BCUT2D eigenvalue weighted by molar-refractivity contribution is -0.140. The molecule has 1 atom stereocenters. The highest BCUT2D eigenvalue weighted by atomic mass is 16.5. The standard InChI is InChI=1S/C13H17N3O2/c1-18-13(17)6-5-10(14)8-11-9-16-7-3-2-4-12(16)15-11/h2-4,7,9-10H,5-6,8,14H2,1H3. The molecule has 0 saturated heterocycles. The zero-order chi connectivity index (χ0) is 13.0. The molecule has 0 amide bonds. The number of hydrogen-bond donors (Lipinski definition) is 1. The van der Waals surface area contributed by atoms with E-state index in [9.17, 15) is 4.79 Å². The van der Waals surface area contributed by atoms with Crippen molar-refractivity contribution in [3.05, 3.63) is 36.3 Å². The van der Waals surface area contributed by atoms with Crippen molar-refractivity contribution in [2.75, 3.05) is 7.11 Å². The summed E-state index contributed by atoms with van der Waals surface area (Å²) in [5.74, 6) is -0.222. The zero-order valence-electron chi connectivity index (χ0n) is 10.4. The van der Waals surface area contributed by atoms with Crippen molar-refractivity contribution in [3.63, 3.8) is 0 Å². The molecule has 0 bridgehead atoms. The van der Waals surface area contributed by atoms with Gasteiger partial charge in [0.15, 0.2) is 0 Å². The fourth-order valence-corrected chi connectivity index (χ4v) is 1.86. The number of carbonyl (C=O) groups excluding carboxylic acids is 1. The lowest BCUT2D eigenvalue weighted by Crippen LogP contribution is -2.24. The van der Waals surface area contributed by atoms with Gasteiger partial charge in [-0.25, -0.2) is 4.98 Å². The summed E-state index contributed by atoms with van der Waals surface area (Å²) in [4.78, 5) is 15.5. The average molecular weight is 247 g/mol. The number of rotatable bonds is 5. The van der Waals surface area contributed by atoms with E-state index in [2.05, 4.69) is 9.72 Å². The summed E-state index contributed by atoms with van der Waals surface area (Å²) in [6.07, 6.45) is 5.55. The molecular weight excluding hydrogens is 230 g/mol. The van der Waals surface area contributed by atoms with Crippen LogP contribution in [0.2, 0.25) is 0 Å². The van der Waals surface area contributed by atoms with Gasteiger partial charge in [0.2, 0.25) is 0 Å². The highest BCUT2D eigenvalue weighted by Crippen LogP contribution is 2.08. The molecule has 0 aromatic carbocycles. The molecule has 5 heteroatoms. The minimum absolute atomic E-state index is 0.0750. The van der Waals surface area contributed by atoms with Gasteiger partial charge in [-0.15, -0.1) is 0 Å². The Hall–Kier alpha value is -1.88. The highest BCUT2D eigenvalue weighted by Gasteiger charge is 2.10. The third-order valence-corrected chi connectivity index (χ3v) is 2.83. The van der Waals surface area contributed by atoms with Crippen molar-refractivity contribution in [1.29, 1.82) is 0 Å². The van der Waals surface area contributed by atoms with E-state index in [0.717, 1.165) is 11.3 Å². The summed E-state index contributed by atoms with van der Waals surface area (Å²) in [5, 5.41) is 0. The minimum Gasteiger partial charge on any atom is -0.469 e. The molecule has 0 spiro atoms. The second-order valence-electron chi connectivity index (χ2n) is 4.28. The summed E-state index contributed by atoms with van der Waals surface area (Å²) in [7, 11) is 1.38. The van der Waals surface area contributed by atoms with Crippen molar-refractivity contribution in [2.24, 2.45) is 5.73 Å². The molecule has 2 rings (SSSR count). The number of ether oxygens (including phenoxy) is 1. The molecule has 0 radical (unpaired) electrons. The lowest BCUT2D eigenvalue weighted by Gasteiger charge is -2.08. The smallest absolute Gasteiger partial charge is 0.305 e. The first-order valence-electron chi connectivity index (χ1n) is 5.94. The molecule has 0 fully saturated rings. The summed E-state index contributed by atoms with van der Waals surface area (Å²) in [6, 6.07) is 5.77. The van der Waals surface area contributed by atoms with Crippen LogP contribution < -0.4 is 5.73 Å². The predicted octanol–water partition coefficient (Wildman–Crippen LogP) is 1.16. The van der Waals surface area contributed by atoms with Crippen molar-refractivity contribution in [1.82, 2.24) is 9.38 Å². The number of nitrogens with two attached hydrogens (primary N) is 1. The van der Waals surface area contributed by atoms with E-state index in [0.29, 0.717) is 19.3 Å². The maximum absolute atomic E-state index is 11.0. The molecular formula is C13H17N3O2. The Kier molecular flexibility index (Phi) is 3.94. The van der Waals surface area contributed by atoms with E-state index in [1.165, 1.54) is 7.11 Å². The third kappa shape index (κ3) is 3.07. The molecule has 2 aromatic heterocycles. The first-order valence-corrected chi connectivity index (χ1v) is 5.94. The fraction of sp³-hybridized carbons (Fsp3) is 0.385. The van der Waals surface area contributed by atoms with Gasteiger partial charge in [0.25, 0.3) is 0 Å². The number of aromatic nitrogens is 2. The van der Waals surface area contributed by atoms with Gasteiger partial charge in [0, 0.05) is 31.3 Å². The topological polar surface area (TPSA) is 69.6 Å². The van der Waals surface area contributed by atoms with Gasteiger partial charge in [0.05, 0.1) is 12.8 Å². The van der Waals surface area contributed by atoms with Gasteiger partial charge >= 0.3 is 5.97 Å². The number of esters is 1. The molecule has 1 unspecified atom stereocenters. The number of fused-ring (bicyclic) bond motifs is 1. The van der Waals surface area contributed by atoms with Crippen LogP contribution in [0.15, 0.2) is 30.6 Å². The number of hydrogen-bond acceptors (Lipinski definition) is 4. The maximum atomic E-state index is 11.0. The third-order valence-electron chi connectivity index (χ3n) is 2.83. The van der Waals surface area contributed by atoms with Gasteiger partial charge in [-0.1, -0.05) is 6.07 Å². The Labute approximate surface area is 106 Å². The predicted molar refractivity (Wildman–Crippen MR) is 68.1 cm³/mol. The summed E-state index contributed by atoms with van der Waals surface area (Å²) < 4.78 is 6.55. The minimum atomic E-state index is -0.222. The van der Waals surface area contributed by atoms with Crippen LogP contribution in [-0.2, 0) is 16.0 Å². The van der Waals surface area contributed by atoms with Crippen LogP contribution in [0.5, 0.6) is 0 Å². The normalized spacial score (nSPS) is 12.6. The van der Waals surface area contributed by atoms with Gasteiger partial charge in [0.1, 0.15) is 5.65 Å². The van der Waals surface area contributed by atoms with Crippen LogP contribution in [-0.4, -0.2) is 28.5 Å². The van der Waals surface area contributed by atoms with Crippen molar-refractivity contribution < 1.29 is 9.53 Å². The van der Waals surface area contributed by atoms with Gasteiger partial charge < -0.3 is 14.9 Å². The van der Waals surface area contributed by atoms with Gasteiger partial charge in [-0.05, 0) is 18.6 Å². The number of pyridine rings is 1. The first kappa shape index (κ1) is 12.6. The number of carbonyl (C=O) groups is 1. The van der Waals surface area contributed by atoms with Gasteiger partial charge in [-0.3, -0.25) is 4.79 Å². The first-order chi connectivity index (χ1) is 8.69. The fourth-order valence-electron chi connectivity index (χ4n) is 1.86. The molecule has 96 valence electrons. The van der Waals surface area contributed by atoms with E-state index in [4.69, 9.17) is 5.73 Å². The second-order valence-corrected chi connectivity index (χ2v) is 4.28. The molecule has 18 heavy (non-hydrogen) atoms. The molecule has 0 saturated carbocycles. The SMILES string of the molecule is COC(=O)CCC(N)Cc1cn2ccccc2n1. The van der Waals surface area contributed by atoms with Crippen LogP contribution in [0.1, 0.15) is 18.5 Å². The Morgan fingerprint density at radius 1 is 1.56 bits per heavy atom. The monoisotopic (exact) mass is 247 g/mol. The summed E-state index contributed by atoms with van der Waals surface area (Å²) in [5.41, 5.74) is 7.83. The maximum Gasteiger partial charge on any atom is 0.305 e. The summed E-state index contributed by atoms with van der Waals surface area (Å²) >= 11 is 0. The Morgan fingerprint density at radius 3 is 3.11 bits per heavy atom. The van der Waals surface area contributed by atoms with E-state index in [1.807, 2.05) is 35.0 Å². The second kappa shape index (κ2) is 5.64. The molecule has 2 heterocycles.